The van der Waals surface area contributed by atoms with Crippen LogP contribution >= 0.6 is 11.8 Å². The average molecular weight is 273 g/mol. The number of hydrogen-bond acceptors (Lipinski definition) is 4. The summed E-state index contributed by atoms with van der Waals surface area (Å²) in [5.41, 5.74) is 9.22. The van der Waals surface area contributed by atoms with Crippen LogP contribution in [0.3, 0.4) is 0 Å². The van der Waals surface area contributed by atoms with E-state index < -0.39 is 0 Å². The second-order valence-electron chi connectivity index (χ2n) is 5.16. The Balaban J connectivity index is 2.17. The van der Waals surface area contributed by atoms with Gasteiger partial charge in [0.25, 0.3) is 0 Å². The van der Waals surface area contributed by atoms with Gasteiger partial charge in [-0.1, -0.05) is 0 Å². The van der Waals surface area contributed by atoms with E-state index in [0.29, 0.717) is 6.04 Å². The second-order valence-corrected chi connectivity index (χ2v) is 6.31. The molecule has 2 heterocycles. The van der Waals surface area contributed by atoms with Crippen molar-refractivity contribution in [3.8, 4) is 0 Å². The third kappa shape index (κ3) is 2.25. The standard InChI is InChI=1S/C15H19N3S/c1-10-7-12-13(8-17-10)14(16)3-4-15(12)18-5-6-19-9-11(18)2/h3-4,7-8,11H,5-6,9,16H2,1-2H3. The molecule has 0 bridgehead atoms. The number of hydrogen-bond donors (Lipinski definition) is 1. The minimum absolute atomic E-state index is 0.569. The lowest BCUT2D eigenvalue weighted by Gasteiger charge is -2.36. The number of benzene rings is 1. The van der Waals surface area contributed by atoms with Crippen LogP contribution in [0.5, 0.6) is 0 Å². The molecule has 100 valence electrons. The first-order valence-corrected chi connectivity index (χ1v) is 7.81. The van der Waals surface area contributed by atoms with Gasteiger partial charge < -0.3 is 10.6 Å². The van der Waals surface area contributed by atoms with Gasteiger partial charge in [-0.25, -0.2) is 0 Å². The zero-order chi connectivity index (χ0) is 13.4. The molecule has 4 heteroatoms. The number of nitrogen functional groups attached to an aromatic ring is 1. The summed E-state index contributed by atoms with van der Waals surface area (Å²) in [5, 5.41) is 2.29. The van der Waals surface area contributed by atoms with Crippen LogP contribution in [-0.4, -0.2) is 29.1 Å². The molecule has 2 aromatic rings. The van der Waals surface area contributed by atoms with Gasteiger partial charge in [0.1, 0.15) is 0 Å². The number of nitrogens with zero attached hydrogens (tertiary/aromatic N) is 2. The molecule has 1 unspecified atom stereocenters. The fourth-order valence-corrected chi connectivity index (χ4v) is 3.70. The number of aryl methyl sites for hydroxylation is 1. The lowest BCUT2D eigenvalue weighted by molar-refractivity contribution is 0.702. The summed E-state index contributed by atoms with van der Waals surface area (Å²) in [4.78, 5) is 6.87. The molecule has 1 saturated heterocycles. The van der Waals surface area contributed by atoms with E-state index in [1.807, 2.05) is 30.9 Å². The van der Waals surface area contributed by atoms with E-state index in [2.05, 4.69) is 28.9 Å². The number of anilines is 2. The average Bonchev–Trinajstić information content (AvgIpc) is 2.40. The minimum Gasteiger partial charge on any atom is -0.398 e. The Bertz CT molecular complexity index is 612. The van der Waals surface area contributed by atoms with Gasteiger partial charge in [-0.3, -0.25) is 4.98 Å². The first kappa shape index (κ1) is 12.6. The van der Waals surface area contributed by atoms with Crippen LogP contribution in [0.4, 0.5) is 11.4 Å². The molecular formula is C15H19N3S. The fraction of sp³-hybridized carbons (Fsp3) is 0.400. The zero-order valence-electron chi connectivity index (χ0n) is 11.4. The summed E-state index contributed by atoms with van der Waals surface area (Å²) in [6, 6.07) is 6.88. The van der Waals surface area contributed by atoms with Crippen LogP contribution < -0.4 is 10.6 Å². The van der Waals surface area contributed by atoms with Gasteiger partial charge in [0, 0.05) is 58.1 Å². The van der Waals surface area contributed by atoms with E-state index in [0.717, 1.165) is 23.3 Å². The molecule has 1 aromatic carbocycles. The Labute approximate surface area is 118 Å². The maximum atomic E-state index is 6.08. The quantitative estimate of drug-likeness (QED) is 0.811. The smallest absolute Gasteiger partial charge is 0.0451 e. The first-order chi connectivity index (χ1) is 9.16. The van der Waals surface area contributed by atoms with Crippen molar-refractivity contribution in [3.63, 3.8) is 0 Å². The minimum atomic E-state index is 0.569. The molecule has 1 fully saturated rings. The van der Waals surface area contributed by atoms with Crippen molar-refractivity contribution in [1.82, 2.24) is 4.98 Å². The predicted molar refractivity (Wildman–Crippen MR) is 85.0 cm³/mol. The lowest BCUT2D eigenvalue weighted by Crippen LogP contribution is -2.40. The number of pyridine rings is 1. The van der Waals surface area contributed by atoms with Crippen LogP contribution in [-0.2, 0) is 0 Å². The van der Waals surface area contributed by atoms with E-state index in [-0.39, 0.29) is 0 Å². The maximum absolute atomic E-state index is 6.08. The molecule has 0 aliphatic carbocycles. The number of fused-ring (bicyclic) bond motifs is 1. The monoisotopic (exact) mass is 273 g/mol. The number of aromatic nitrogens is 1. The Morgan fingerprint density at radius 2 is 2.21 bits per heavy atom. The van der Waals surface area contributed by atoms with Gasteiger partial charge >= 0.3 is 0 Å². The number of thioether (sulfide) groups is 1. The van der Waals surface area contributed by atoms with Crippen LogP contribution in [0.2, 0.25) is 0 Å². The highest BCUT2D eigenvalue weighted by Crippen LogP contribution is 2.33. The number of nitrogens with two attached hydrogens (primary N) is 1. The Morgan fingerprint density at radius 1 is 1.37 bits per heavy atom. The lowest BCUT2D eigenvalue weighted by atomic mass is 10.1. The summed E-state index contributed by atoms with van der Waals surface area (Å²) >= 11 is 2.03. The predicted octanol–water partition coefficient (Wildman–Crippen LogP) is 3.07. The molecule has 1 aliphatic rings. The van der Waals surface area contributed by atoms with Crippen molar-refractivity contribution in [1.29, 1.82) is 0 Å². The highest BCUT2D eigenvalue weighted by Gasteiger charge is 2.21. The largest absolute Gasteiger partial charge is 0.398 e. The van der Waals surface area contributed by atoms with Crippen molar-refractivity contribution in [3.05, 3.63) is 30.1 Å². The van der Waals surface area contributed by atoms with E-state index in [1.54, 1.807) is 0 Å². The Morgan fingerprint density at radius 3 is 3.00 bits per heavy atom. The molecule has 0 amide bonds. The number of rotatable bonds is 1. The molecule has 2 N–H and O–H groups in total. The maximum Gasteiger partial charge on any atom is 0.0451 e. The summed E-state index contributed by atoms with van der Waals surface area (Å²) < 4.78 is 0. The summed E-state index contributed by atoms with van der Waals surface area (Å²) in [6.07, 6.45) is 1.90. The molecule has 0 spiro atoms. The second kappa shape index (κ2) is 4.93. The van der Waals surface area contributed by atoms with Crippen LogP contribution in [0.25, 0.3) is 10.8 Å². The molecule has 3 nitrogen and oxygen atoms in total. The fourth-order valence-electron chi connectivity index (χ4n) is 2.69. The summed E-state index contributed by atoms with van der Waals surface area (Å²) in [5.74, 6) is 2.39. The summed E-state index contributed by atoms with van der Waals surface area (Å²) in [7, 11) is 0. The van der Waals surface area contributed by atoms with Gasteiger partial charge in [0.2, 0.25) is 0 Å². The van der Waals surface area contributed by atoms with Gasteiger partial charge in [-0.2, -0.15) is 11.8 Å². The Kier molecular flexibility index (Phi) is 3.27. The van der Waals surface area contributed by atoms with Crippen LogP contribution in [0.1, 0.15) is 12.6 Å². The third-order valence-corrected chi connectivity index (χ3v) is 4.91. The van der Waals surface area contributed by atoms with E-state index in [1.165, 1.54) is 22.6 Å². The molecule has 0 saturated carbocycles. The molecule has 1 aliphatic heterocycles. The van der Waals surface area contributed by atoms with Crippen LogP contribution in [0, 0.1) is 6.92 Å². The molecular weight excluding hydrogens is 254 g/mol. The van der Waals surface area contributed by atoms with Crippen molar-refractivity contribution >= 4 is 33.9 Å². The topological polar surface area (TPSA) is 42.1 Å². The van der Waals surface area contributed by atoms with E-state index in [4.69, 9.17) is 5.73 Å². The highest BCUT2D eigenvalue weighted by atomic mass is 32.2. The zero-order valence-corrected chi connectivity index (χ0v) is 12.2. The third-order valence-electron chi connectivity index (χ3n) is 3.73. The van der Waals surface area contributed by atoms with Gasteiger partial charge in [-0.05, 0) is 32.0 Å². The molecule has 1 aromatic heterocycles. The Hall–Kier alpha value is -1.42. The van der Waals surface area contributed by atoms with Gasteiger partial charge in [0.05, 0.1) is 0 Å². The van der Waals surface area contributed by atoms with Crippen molar-refractivity contribution in [2.75, 3.05) is 28.7 Å². The van der Waals surface area contributed by atoms with E-state index in [9.17, 15) is 0 Å². The van der Waals surface area contributed by atoms with Gasteiger partial charge in [0.15, 0.2) is 0 Å². The van der Waals surface area contributed by atoms with Crippen LogP contribution in [0.15, 0.2) is 24.4 Å². The molecule has 19 heavy (non-hydrogen) atoms. The summed E-state index contributed by atoms with van der Waals surface area (Å²) in [6.45, 7) is 5.43. The van der Waals surface area contributed by atoms with Crippen molar-refractivity contribution < 1.29 is 0 Å². The molecule has 1 atom stereocenters. The van der Waals surface area contributed by atoms with Gasteiger partial charge in [-0.15, -0.1) is 0 Å². The van der Waals surface area contributed by atoms with E-state index >= 15 is 0 Å². The first-order valence-electron chi connectivity index (χ1n) is 6.66. The molecule has 0 radical (unpaired) electrons. The normalized spacial score (nSPS) is 19.9. The SMILES string of the molecule is Cc1cc2c(N3CCSCC3C)ccc(N)c2cn1. The molecule has 3 rings (SSSR count). The highest BCUT2D eigenvalue weighted by molar-refractivity contribution is 7.99. The van der Waals surface area contributed by atoms with Crippen molar-refractivity contribution in [2.24, 2.45) is 0 Å². The van der Waals surface area contributed by atoms with Crippen molar-refractivity contribution in [2.45, 2.75) is 19.9 Å².